The number of alkyl halides is 1. The van der Waals surface area contributed by atoms with E-state index in [0.29, 0.717) is 18.7 Å². The second-order valence-electron chi connectivity index (χ2n) is 4.35. The van der Waals surface area contributed by atoms with Crippen LogP contribution in [0.5, 0.6) is 0 Å². The predicted molar refractivity (Wildman–Crippen MR) is 81.2 cm³/mol. The molecule has 0 heterocycles. The second-order valence-corrected chi connectivity index (χ2v) is 7.87. The van der Waals surface area contributed by atoms with Gasteiger partial charge in [0.1, 0.15) is 9.84 Å². The highest BCUT2D eigenvalue weighted by Crippen LogP contribution is 2.24. The van der Waals surface area contributed by atoms with Crippen molar-refractivity contribution in [3.8, 4) is 0 Å². The zero-order chi connectivity index (χ0) is 13.6. The van der Waals surface area contributed by atoms with E-state index >= 15 is 0 Å². The van der Waals surface area contributed by atoms with E-state index in [0.717, 1.165) is 10.0 Å². The molecule has 0 aromatic heterocycles. The van der Waals surface area contributed by atoms with E-state index in [2.05, 4.69) is 15.9 Å². The zero-order valence-electron chi connectivity index (χ0n) is 10.4. The van der Waals surface area contributed by atoms with Gasteiger partial charge >= 0.3 is 0 Å². The molecule has 1 rings (SSSR count). The number of benzene rings is 1. The molecular formula is C13H18BrClO2S. The lowest BCUT2D eigenvalue weighted by Gasteiger charge is -2.14. The van der Waals surface area contributed by atoms with Crippen LogP contribution in [0.25, 0.3) is 0 Å². The largest absolute Gasteiger partial charge is 0.229 e. The summed E-state index contributed by atoms with van der Waals surface area (Å²) in [5.74, 6) is 1.01. The van der Waals surface area contributed by atoms with Gasteiger partial charge in [0.25, 0.3) is 0 Å². The van der Waals surface area contributed by atoms with Crippen molar-refractivity contribution in [3.63, 3.8) is 0 Å². The van der Waals surface area contributed by atoms with E-state index in [9.17, 15) is 8.42 Å². The van der Waals surface area contributed by atoms with Crippen molar-refractivity contribution in [3.05, 3.63) is 34.3 Å². The number of hydrogen-bond acceptors (Lipinski definition) is 2. The van der Waals surface area contributed by atoms with Gasteiger partial charge in [0.2, 0.25) is 0 Å². The minimum Gasteiger partial charge on any atom is -0.229 e. The van der Waals surface area contributed by atoms with Gasteiger partial charge in [-0.3, -0.25) is 0 Å². The quantitative estimate of drug-likeness (QED) is 0.695. The van der Waals surface area contributed by atoms with Gasteiger partial charge in [-0.1, -0.05) is 35.0 Å². The van der Waals surface area contributed by atoms with Crippen LogP contribution in [0.4, 0.5) is 0 Å². The van der Waals surface area contributed by atoms with Gasteiger partial charge in [0.15, 0.2) is 0 Å². The first-order chi connectivity index (χ1) is 8.48. The van der Waals surface area contributed by atoms with Gasteiger partial charge < -0.3 is 0 Å². The summed E-state index contributed by atoms with van der Waals surface area (Å²) < 4.78 is 24.4. The summed E-state index contributed by atoms with van der Waals surface area (Å²) in [6, 6.07) is 7.88. The molecule has 18 heavy (non-hydrogen) atoms. The van der Waals surface area contributed by atoms with Crippen LogP contribution in [-0.2, 0) is 9.84 Å². The SMILES string of the molecule is CCCS(=O)(=O)CCC(CCl)c1cccc(Br)c1. The van der Waals surface area contributed by atoms with E-state index in [-0.39, 0.29) is 17.4 Å². The number of sulfone groups is 1. The van der Waals surface area contributed by atoms with E-state index in [1.807, 2.05) is 31.2 Å². The predicted octanol–water partition coefficient (Wildman–Crippen LogP) is 3.99. The van der Waals surface area contributed by atoms with Crippen LogP contribution in [0.2, 0.25) is 0 Å². The fraction of sp³-hybridized carbons (Fsp3) is 0.538. The van der Waals surface area contributed by atoms with Gasteiger partial charge in [-0.05, 0) is 36.5 Å². The first-order valence-electron chi connectivity index (χ1n) is 6.00. The molecule has 0 aliphatic rings. The molecule has 0 saturated carbocycles. The molecule has 0 amide bonds. The van der Waals surface area contributed by atoms with Crippen LogP contribution in [0.3, 0.4) is 0 Å². The Labute approximate surface area is 123 Å². The minimum atomic E-state index is -2.93. The van der Waals surface area contributed by atoms with Crippen LogP contribution < -0.4 is 0 Å². The van der Waals surface area contributed by atoms with E-state index < -0.39 is 9.84 Å². The number of halogens is 2. The Bertz CT molecular complexity index is 474. The average molecular weight is 354 g/mol. The van der Waals surface area contributed by atoms with Crippen LogP contribution in [-0.4, -0.2) is 25.8 Å². The Morgan fingerprint density at radius 2 is 2.06 bits per heavy atom. The summed E-state index contributed by atoms with van der Waals surface area (Å²) in [6.45, 7) is 1.88. The maximum Gasteiger partial charge on any atom is 0.150 e. The first kappa shape index (κ1) is 16.0. The zero-order valence-corrected chi connectivity index (χ0v) is 13.6. The van der Waals surface area contributed by atoms with Crippen molar-refractivity contribution in [2.75, 3.05) is 17.4 Å². The van der Waals surface area contributed by atoms with Crippen LogP contribution in [0.1, 0.15) is 31.2 Å². The highest BCUT2D eigenvalue weighted by molar-refractivity contribution is 9.10. The topological polar surface area (TPSA) is 34.1 Å². The molecule has 0 aliphatic heterocycles. The number of hydrogen-bond donors (Lipinski definition) is 0. The second kappa shape index (κ2) is 7.51. The first-order valence-corrected chi connectivity index (χ1v) is 9.15. The van der Waals surface area contributed by atoms with Gasteiger partial charge in [-0.15, -0.1) is 11.6 Å². The summed E-state index contributed by atoms with van der Waals surface area (Å²) in [4.78, 5) is 0. The molecule has 1 unspecified atom stereocenters. The van der Waals surface area contributed by atoms with Gasteiger partial charge in [0.05, 0.1) is 5.75 Å². The fourth-order valence-electron chi connectivity index (χ4n) is 1.83. The molecule has 2 nitrogen and oxygen atoms in total. The normalized spacial score (nSPS) is 13.5. The van der Waals surface area contributed by atoms with E-state index in [1.54, 1.807) is 0 Å². The molecule has 5 heteroatoms. The van der Waals surface area contributed by atoms with Crippen molar-refractivity contribution in [2.45, 2.75) is 25.7 Å². The summed E-state index contributed by atoms with van der Waals surface area (Å²) in [5, 5.41) is 0. The Morgan fingerprint density at radius 3 is 2.61 bits per heavy atom. The third-order valence-corrected chi connectivity index (χ3v) is 5.55. The molecule has 102 valence electrons. The third kappa shape index (κ3) is 5.29. The highest BCUT2D eigenvalue weighted by Gasteiger charge is 2.16. The third-order valence-electron chi connectivity index (χ3n) is 2.80. The standard InChI is InChI=1S/C13H18BrClO2S/c1-2-7-18(16,17)8-6-12(10-15)11-4-3-5-13(14)9-11/h3-5,9,12H,2,6-8,10H2,1H3. The van der Waals surface area contributed by atoms with Gasteiger partial charge in [0, 0.05) is 16.1 Å². The molecule has 0 spiro atoms. The molecule has 0 bridgehead atoms. The van der Waals surface area contributed by atoms with E-state index in [1.165, 1.54) is 0 Å². The summed E-state index contributed by atoms with van der Waals surface area (Å²) in [7, 11) is -2.93. The molecule has 0 radical (unpaired) electrons. The summed E-state index contributed by atoms with van der Waals surface area (Å²) in [5.41, 5.74) is 1.09. The lowest BCUT2D eigenvalue weighted by atomic mass is 9.99. The molecule has 0 saturated heterocycles. The van der Waals surface area contributed by atoms with Crippen molar-refractivity contribution in [1.82, 2.24) is 0 Å². The van der Waals surface area contributed by atoms with Crippen molar-refractivity contribution in [2.24, 2.45) is 0 Å². The Morgan fingerprint density at radius 1 is 1.33 bits per heavy atom. The molecule has 0 aliphatic carbocycles. The van der Waals surface area contributed by atoms with Crippen molar-refractivity contribution < 1.29 is 8.42 Å². The Hall–Kier alpha value is -0.0600. The summed E-state index contributed by atoms with van der Waals surface area (Å²) in [6.07, 6.45) is 1.26. The maximum absolute atomic E-state index is 11.7. The molecule has 1 atom stereocenters. The monoisotopic (exact) mass is 352 g/mol. The fourth-order valence-corrected chi connectivity index (χ4v) is 4.05. The highest BCUT2D eigenvalue weighted by atomic mass is 79.9. The van der Waals surface area contributed by atoms with Crippen LogP contribution in [0.15, 0.2) is 28.7 Å². The summed E-state index contributed by atoms with van der Waals surface area (Å²) >= 11 is 9.36. The van der Waals surface area contributed by atoms with Crippen LogP contribution in [0, 0.1) is 0 Å². The molecule has 1 aromatic carbocycles. The molecule has 0 fully saturated rings. The lowest BCUT2D eigenvalue weighted by molar-refractivity contribution is 0.587. The van der Waals surface area contributed by atoms with Crippen molar-refractivity contribution in [1.29, 1.82) is 0 Å². The van der Waals surface area contributed by atoms with Crippen molar-refractivity contribution >= 4 is 37.4 Å². The molecule has 0 N–H and O–H groups in total. The molecule has 1 aromatic rings. The van der Waals surface area contributed by atoms with Crippen LogP contribution >= 0.6 is 27.5 Å². The van der Waals surface area contributed by atoms with Gasteiger partial charge in [-0.25, -0.2) is 8.42 Å². The Balaban J connectivity index is 2.69. The maximum atomic E-state index is 11.7. The van der Waals surface area contributed by atoms with Gasteiger partial charge in [-0.2, -0.15) is 0 Å². The number of rotatable bonds is 7. The molecular weight excluding hydrogens is 336 g/mol. The lowest BCUT2D eigenvalue weighted by Crippen LogP contribution is -2.14. The smallest absolute Gasteiger partial charge is 0.150 e. The minimum absolute atomic E-state index is 0.0933. The van der Waals surface area contributed by atoms with E-state index in [4.69, 9.17) is 11.6 Å². The average Bonchev–Trinajstić information content (AvgIpc) is 2.29. The Kier molecular flexibility index (Phi) is 6.67.